The lowest BCUT2D eigenvalue weighted by atomic mass is 9.93. The molecule has 0 saturated heterocycles. The summed E-state index contributed by atoms with van der Waals surface area (Å²) < 4.78 is 4.65. The Morgan fingerprint density at radius 3 is 2.50 bits per heavy atom. The molecule has 0 aliphatic rings. The second kappa shape index (κ2) is 6.06. The number of ether oxygens (including phenoxy) is 1. The van der Waals surface area contributed by atoms with Crippen LogP contribution in [0.2, 0.25) is 0 Å². The smallest absolute Gasteiger partial charge is 0.309 e. The van der Waals surface area contributed by atoms with Crippen LogP contribution in [-0.4, -0.2) is 13.1 Å². The van der Waals surface area contributed by atoms with Crippen molar-refractivity contribution in [2.45, 2.75) is 20.3 Å². The Hall–Kier alpha value is -0.500. The highest BCUT2D eigenvalue weighted by Gasteiger charge is 2.20. The standard InChI is InChI=1S/C9H15ClO2/c1-7(2)8(5-4-6-10)9(11)12-3/h4,6-8H,5H2,1-3H3/b6-4+/t8-/m0/s1. The highest BCUT2D eigenvalue weighted by molar-refractivity contribution is 6.25. The van der Waals surface area contributed by atoms with Gasteiger partial charge in [0.2, 0.25) is 0 Å². The third-order valence-electron chi connectivity index (χ3n) is 1.79. The van der Waals surface area contributed by atoms with Gasteiger partial charge in [0.05, 0.1) is 13.0 Å². The first-order chi connectivity index (χ1) is 5.63. The summed E-state index contributed by atoms with van der Waals surface area (Å²) in [4.78, 5) is 11.2. The minimum Gasteiger partial charge on any atom is -0.469 e. The summed E-state index contributed by atoms with van der Waals surface area (Å²) >= 11 is 5.37. The number of rotatable bonds is 4. The van der Waals surface area contributed by atoms with Gasteiger partial charge in [-0.3, -0.25) is 4.79 Å². The van der Waals surface area contributed by atoms with E-state index < -0.39 is 0 Å². The van der Waals surface area contributed by atoms with E-state index in [1.807, 2.05) is 13.8 Å². The number of allylic oxidation sites excluding steroid dienone is 1. The van der Waals surface area contributed by atoms with Crippen LogP contribution in [0.15, 0.2) is 11.6 Å². The van der Waals surface area contributed by atoms with Gasteiger partial charge in [-0.25, -0.2) is 0 Å². The van der Waals surface area contributed by atoms with E-state index in [0.29, 0.717) is 6.42 Å². The SMILES string of the molecule is COC(=O)[C@@H](C/C=C/Cl)C(C)C. The number of halogens is 1. The van der Waals surface area contributed by atoms with Crippen LogP contribution in [0.4, 0.5) is 0 Å². The molecular formula is C9H15ClO2. The normalized spacial score (nSPS) is 13.8. The molecule has 2 nitrogen and oxygen atoms in total. The number of hydrogen-bond donors (Lipinski definition) is 0. The zero-order valence-corrected chi connectivity index (χ0v) is 8.47. The molecule has 3 heteroatoms. The third-order valence-corrected chi connectivity index (χ3v) is 1.97. The van der Waals surface area contributed by atoms with Gasteiger partial charge in [0.1, 0.15) is 0 Å². The highest BCUT2D eigenvalue weighted by Crippen LogP contribution is 2.17. The molecular weight excluding hydrogens is 176 g/mol. The first-order valence-corrected chi connectivity index (χ1v) is 4.40. The second-order valence-corrected chi connectivity index (χ2v) is 3.22. The van der Waals surface area contributed by atoms with E-state index in [1.165, 1.54) is 12.6 Å². The molecule has 0 bridgehead atoms. The molecule has 0 spiro atoms. The Kier molecular flexibility index (Phi) is 5.81. The van der Waals surface area contributed by atoms with E-state index >= 15 is 0 Å². The summed E-state index contributed by atoms with van der Waals surface area (Å²) in [6.45, 7) is 3.98. The van der Waals surface area contributed by atoms with Crippen LogP contribution in [0.25, 0.3) is 0 Å². The first kappa shape index (κ1) is 11.5. The van der Waals surface area contributed by atoms with Gasteiger partial charge in [-0.15, -0.1) is 0 Å². The summed E-state index contributed by atoms with van der Waals surface area (Å²) in [6, 6.07) is 0. The van der Waals surface area contributed by atoms with E-state index in [0.717, 1.165) is 0 Å². The van der Waals surface area contributed by atoms with Crippen molar-refractivity contribution >= 4 is 17.6 Å². The summed E-state index contributed by atoms with van der Waals surface area (Å²) in [7, 11) is 1.40. The molecule has 0 saturated carbocycles. The maximum Gasteiger partial charge on any atom is 0.309 e. The molecule has 0 fully saturated rings. The van der Waals surface area contributed by atoms with Gasteiger partial charge >= 0.3 is 5.97 Å². The van der Waals surface area contributed by atoms with Gasteiger partial charge in [0.25, 0.3) is 0 Å². The molecule has 0 heterocycles. The van der Waals surface area contributed by atoms with Gasteiger partial charge in [-0.1, -0.05) is 31.5 Å². The summed E-state index contributed by atoms with van der Waals surface area (Å²) in [5, 5.41) is 0. The molecule has 0 amide bonds. The minimum atomic E-state index is -0.167. The van der Waals surface area contributed by atoms with Gasteiger partial charge in [0, 0.05) is 5.54 Å². The van der Waals surface area contributed by atoms with Crippen LogP contribution >= 0.6 is 11.6 Å². The lowest BCUT2D eigenvalue weighted by molar-refractivity contribution is -0.146. The average molecular weight is 191 g/mol. The lowest BCUT2D eigenvalue weighted by Gasteiger charge is -2.15. The quantitative estimate of drug-likeness (QED) is 0.637. The molecule has 0 aromatic heterocycles. The average Bonchev–Trinajstić information content (AvgIpc) is 2.04. The van der Waals surface area contributed by atoms with E-state index in [9.17, 15) is 4.79 Å². The van der Waals surface area contributed by atoms with Gasteiger partial charge in [-0.2, -0.15) is 0 Å². The molecule has 1 atom stereocenters. The van der Waals surface area contributed by atoms with E-state index in [4.69, 9.17) is 11.6 Å². The molecule has 0 aromatic rings. The van der Waals surface area contributed by atoms with Gasteiger partial charge < -0.3 is 4.74 Å². The minimum absolute atomic E-state index is 0.0787. The Bertz CT molecular complexity index is 164. The van der Waals surface area contributed by atoms with Crippen molar-refractivity contribution in [2.75, 3.05) is 7.11 Å². The van der Waals surface area contributed by atoms with E-state index in [1.54, 1.807) is 6.08 Å². The van der Waals surface area contributed by atoms with Crippen molar-refractivity contribution in [3.63, 3.8) is 0 Å². The summed E-state index contributed by atoms with van der Waals surface area (Å²) in [5.41, 5.74) is 1.43. The number of methoxy groups -OCH3 is 1. The lowest BCUT2D eigenvalue weighted by Crippen LogP contribution is -2.20. The van der Waals surface area contributed by atoms with Crippen LogP contribution < -0.4 is 0 Å². The Balaban J connectivity index is 4.13. The highest BCUT2D eigenvalue weighted by atomic mass is 35.5. The molecule has 70 valence electrons. The van der Waals surface area contributed by atoms with Crippen LogP contribution in [0.5, 0.6) is 0 Å². The predicted molar refractivity (Wildman–Crippen MR) is 50.0 cm³/mol. The van der Waals surface area contributed by atoms with Crippen molar-refractivity contribution in [1.29, 1.82) is 0 Å². The maximum absolute atomic E-state index is 11.2. The van der Waals surface area contributed by atoms with Crippen molar-refractivity contribution in [1.82, 2.24) is 0 Å². The molecule has 0 radical (unpaired) electrons. The molecule has 0 aliphatic carbocycles. The molecule has 0 aliphatic heterocycles. The molecule has 12 heavy (non-hydrogen) atoms. The monoisotopic (exact) mass is 190 g/mol. The first-order valence-electron chi connectivity index (χ1n) is 3.96. The van der Waals surface area contributed by atoms with Crippen LogP contribution in [0.1, 0.15) is 20.3 Å². The molecule has 0 aromatic carbocycles. The van der Waals surface area contributed by atoms with Crippen molar-refractivity contribution in [3.05, 3.63) is 11.6 Å². The Morgan fingerprint density at radius 1 is 1.58 bits per heavy atom. The number of carbonyl (C=O) groups excluding carboxylic acids is 1. The number of carbonyl (C=O) groups is 1. The van der Waals surface area contributed by atoms with Gasteiger partial charge in [0.15, 0.2) is 0 Å². The van der Waals surface area contributed by atoms with Crippen molar-refractivity contribution in [3.8, 4) is 0 Å². The third kappa shape index (κ3) is 3.77. The van der Waals surface area contributed by atoms with Crippen LogP contribution in [-0.2, 0) is 9.53 Å². The fraction of sp³-hybridized carbons (Fsp3) is 0.667. The number of hydrogen-bond acceptors (Lipinski definition) is 2. The van der Waals surface area contributed by atoms with Crippen LogP contribution in [0.3, 0.4) is 0 Å². The predicted octanol–water partition coefficient (Wildman–Crippen LogP) is 2.57. The van der Waals surface area contributed by atoms with Crippen LogP contribution in [0, 0.1) is 11.8 Å². The summed E-state index contributed by atoms with van der Waals surface area (Å²) in [6.07, 6.45) is 2.41. The fourth-order valence-electron chi connectivity index (χ4n) is 0.990. The Morgan fingerprint density at radius 2 is 2.17 bits per heavy atom. The fourth-order valence-corrected chi connectivity index (χ4v) is 1.09. The van der Waals surface area contributed by atoms with Gasteiger partial charge in [-0.05, 0) is 12.3 Å². The number of esters is 1. The second-order valence-electron chi connectivity index (χ2n) is 2.97. The largest absolute Gasteiger partial charge is 0.469 e. The Labute approximate surface area is 78.5 Å². The topological polar surface area (TPSA) is 26.3 Å². The van der Waals surface area contributed by atoms with E-state index in [-0.39, 0.29) is 17.8 Å². The summed E-state index contributed by atoms with van der Waals surface area (Å²) in [5.74, 6) is 0.0371. The molecule has 0 rings (SSSR count). The van der Waals surface area contributed by atoms with E-state index in [2.05, 4.69) is 4.74 Å². The maximum atomic E-state index is 11.2. The zero-order chi connectivity index (χ0) is 9.56. The van der Waals surface area contributed by atoms with Crippen molar-refractivity contribution in [2.24, 2.45) is 11.8 Å². The van der Waals surface area contributed by atoms with Crippen molar-refractivity contribution < 1.29 is 9.53 Å². The zero-order valence-electron chi connectivity index (χ0n) is 7.71. The molecule has 0 unspecified atom stereocenters. The molecule has 0 N–H and O–H groups in total.